The summed E-state index contributed by atoms with van der Waals surface area (Å²) in [6, 6.07) is 3.02. The summed E-state index contributed by atoms with van der Waals surface area (Å²) in [5, 5.41) is 0. The van der Waals surface area contributed by atoms with Crippen LogP contribution in [0.1, 0.15) is 30.9 Å². The Morgan fingerprint density at radius 2 is 1.71 bits per heavy atom. The van der Waals surface area contributed by atoms with Crippen molar-refractivity contribution >= 4 is 0 Å². The van der Waals surface area contributed by atoms with Gasteiger partial charge in [-0.1, -0.05) is 19.9 Å². The molecule has 14 heavy (non-hydrogen) atoms. The van der Waals surface area contributed by atoms with E-state index in [1.165, 1.54) is 6.07 Å². The maximum atomic E-state index is 13.0. The highest BCUT2D eigenvalue weighted by atomic mass is 19.4. The second-order valence-electron chi connectivity index (χ2n) is 3.39. The first-order valence-corrected chi connectivity index (χ1v) is 4.19. The summed E-state index contributed by atoms with van der Waals surface area (Å²) in [7, 11) is 0. The van der Waals surface area contributed by atoms with Crippen molar-refractivity contribution in [2.24, 2.45) is 0 Å². The van der Waals surface area contributed by atoms with Crippen LogP contribution < -0.4 is 0 Å². The minimum Gasteiger partial charge on any atom is -0.206 e. The molecule has 1 aromatic rings. The van der Waals surface area contributed by atoms with Gasteiger partial charge in [0.25, 0.3) is 0 Å². The molecule has 0 atom stereocenters. The number of hydrogen-bond acceptors (Lipinski definition) is 0. The summed E-state index contributed by atoms with van der Waals surface area (Å²) in [5.74, 6) is -1.18. The first-order valence-electron chi connectivity index (χ1n) is 4.19. The molecule has 1 aromatic carbocycles. The van der Waals surface area contributed by atoms with Gasteiger partial charge in [0, 0.05) is 0 Å². The van der Waals surface area contributed by atoms with Crippen molar-refractivity contribution in [2.75, 3.05) is 0 Å². The predicted octanol–water partition coefficient (Wildman–Crippen LogP) is 3.97. The average Bonchev–Trinajstić information content (AvgIpc) is 2.01. The lowest BCUT2D eigenvalue weighted by Gasteiger charge is -2.10. The number of alkyl halides is 3. The molecule has 78 valence electrons. The van der Waals surface area contributed by atoms with E-state index >= 15 is 0 Å². The van der Waals surface area contributed by atoms with Crippen LogP contribution in [0.3, 0.4) is 0 Å². The fourth-order valence-corrected chi connectivity index (χ4v) is 1.12. The zero-order valence-corrected chi connectivity index (χ0v) is 7.82. The summed E-state index contributed by atoms with van der Waals surface area (Å²) in [6.07, 6.45) is -4.61. The van der Waals surface area contributed by atoms with Crippen molar-refractivity contribution in [3.8, 4) is 0 Å². The highest BCUT2D eigenvalue weighted by molar-refractivity contribution is 5.28. The van der Waals surface area contributed by atoms with E-state index in [4.69, 9.17) is 0 Å². The molecule has 0 unspecified atom stereocenters. The van der Waals surface area contributed by atoms with Crippen LogP contribution >= 0.6 is 0 Å². The summed E-state index contributed by atoms with van der Waals surface area (Å²) < 4.78 is 49.4. The van der Waals surface area contributed by atoms with Crippen LogP contribution in [0.4, 0.5) is 17.6 Å². The van der Waals surface area contributed by atoms with Crippen molar-refractivity contribution in [3.63, 3.8) is 0 Å². The Bertz CT molecular complexity index is 325. The molecule has 0 fully saturated rings. The molecule has 0 aliphatic carbocycles. The van der Waals surface area contributed by atoms with Crippen molar-refractivity contribution in [2.45, 2.75) is 25.9 Å². The van der Waals surface area contributed by atoms with Crippen molar-refractivity contribution in [1.29, 1.82) is 0 Å². The van der Waals surface area contributed by atoms with Gasteiger partial charge in [-0.15, -0.1) is 0 Å². The van der Waals surface area contributed by atoms with Crippen LogP contribution in [-0.2, 0) is 6.18 Å². The molecule has 0 aliphatic heterocycles. The molecule has 0 nitrogen and oxygen atoms in total. The SMILES string of the molecule is CC(C)c1ccc(C(F)(F)F)c(F)c1. The maximum Gasteiger partial charge on any atom is 0.419 e. The molecule has 0 spiro atoms. The molecule has 0 bridgehead atoms. The van der Waals surface area contributed by atoms with Crippen LogP contribution in [0.15, 0.2) is 18.2 Å². The van der Waals surface area contributed by atoms with Gasteiger partial charge in [0.15, 0.2) is 0 Å². The van der Waals surface area contributed by atoms with E-state index < -0.39 is 17.6 Å². The minimum absolute atomic E-state index is 0.0202. The molecular weight excluding hydrogens is 196 g/mol. The van der Waals surface area contributed by atoms with Crippen molar-refractivity contribution in [3.05, 3.63) is 35.1 Å². The van der Waals surface area contributed by atoms with E-state index in [2.05, 4.69) is 0 Å². The lowest BCUT2D eigenvalue weighted by molar-refractivity contribution is -0.140. The summed E-state index contributed by atoms with van der Waals surface area (Å²) in [5.41, 5.74) is -0.641. The van der Waals surface area contributed by atoms with Gasteiger partial charge in [-0.05, 0) is 23.6 Å². The third kappa shape index (κ3) is 2.25. The predicted molar refractivity (Wildman–Crippen MR) is 45.5 cm³/mol. The molecular formula is C10H10F4. The molecule has 0 saturated heterocycles. The summed E-state index contributed by atoms with van der Waals surface area (Å²) >= 11 is 0. The van der Waals surface area contributed by atoms with E-state index in [1.54, 1.807) is 13.8 Å². The molecule has 0 radical (unpaired) electrons. The highest BCUT2D eigenvalue weighted by Crippen LogP contribution is 2.32. The Morgan fingerprint density at radius 3 is 2.07 bits per heavy atom. The second-order valence-corrected chi connectivity index (χ2v) is 3.39. The lowest BCUT2D eigenvalue weighted by atomic mass is 10.0. The van der Waals surface area contributed by atoms with Gasteiger partial charge < -0.3 is 0 Å². The quantitative estimate of drug-likeness (QED) is 0.610. The summed E-state index contributed by atoms with van der Waals surface area (Å²) in [6.45, 7) is 3.59. The monoisotopic (exact) mass is 206 g/mol. The first kappa shape index (κ1) is 11.0. The molecule has 4 heteroatoms. The Balaban J connectivity index is 3.15. The van der Waals surface area contributed by atoms with E-state index in [1.807, 2.05) is 0 Å². The third-order valence-electron chi connectivity index (χ3n) is 1.97. The van der Waals surface area contributed by atoms with Crippen molar-refractivity contribution < 1.29 is 17.6 Å². The average molecular weight is 206 g/mol. The molecule has 0 heterocycles. The Morgan fingerprint density at radius 1 is 1.14 bits per heavy atom. The van der Waals surface area contributed by atoms with Gasteiger partial charge in [0.1, 0.15) is 5.82 Å². The minimum atomic E-state index is -4.61. The standard InChI is InChI=1S/C10H10F4/c1-6(2)7-3-4-8(9(11)5-7)10(12,13)14/h3-6H,1-2H3. The zero-order chi connectivity index (χ0) is 10.9. The zero-order valence-electron chi connectivity index (χ0n) is 7.82. The van der Waals surface area contributed by atoms with Gasteiger partial charge in [0.2, 0.25) is 0 Å². The first-order chi connectivity index (χ1) is 6.32. The summed E-state index contributed by atoms with van der Waals surface area (Å²) in [4.78, 5) is 0. The Labute approximate surface area is 79.6 Å². The number of benzene rings is 1. The van der Waals surface area contributed by atoms with E-state index in [0.717, 1.165) is 12.1 Å². The van der Waals surface area contributed by atoms with Crippen LogP contribution in [0, 0.1) is 5.82 Å². The topological polar surface area (TPSA) is 0 Å². The van der Waals surface area contributed by atoms with Gasteiger partial charge >= 0.3 is 6.18 Å². The van der Waals surface area contributed by atoms with Crippen LogP contribution in [0.25, 0.3) is 0 Å². The Hall–Kier alpha value is -1.06. The van der Waals surface area contributed by atoms with E-state index in [0.29, 0.717) is 5.56 Å². The maximum absolute atomic E-state index is 13.0. The fourth-order valence-electron chi connectivity index (χ4n) is 1.12. The van der Waals surface area contributed by atoms with Gasteiger partial charge in [-0.3, -0.25) is 0 Å². The van der Waals surface area contributed by atoms with Gasteiger partial charge in [0.05, 0.1) is 5.56 Å². The molecule has 0 aromatic heterocycles. The smallest absolute Gasteiger partial charge is 0.206 e. The second kappa shape index (κ2) is 3.59. The fraction of sp³-hybridized carbons (Fsp3) is 0.400. The molecule has 0 aliphatic rings. The number of halogens is 4. The van der Waals surface area contributed by atoms with Crippen LogP contribution in [0.5, 0.6) is 0 Å². The number of hydrogen-bond donors (Lipinski definition) is 0. The van der Waals surface area contributed by atoms with E-state index in [-0.39, 0.29) is 5.92 Å². The van der Waals surface area contributed by atoms with Gasteiger partial charge in [-0.2, -0.15) is 13.2 Å². The molecule has 0 N–H and O–H groups in total. The van der Waals surface area contributed by atoms with Gasteiger partial charge in [-0.25, -0.2) is 4.39 Å². The van der Waals surface area contributed by atoms with Crippen LogP contribution in [0.2, 0.25) is 0 Å². The largest absolute Gasteiger partial charge is 0.419 e. The van der Waals surface area contributed by atoms with E-state index in [9.17, 15) is 17.6 Å². The molecule has 0 saturated carbocycles. The molecule has 1 rings (SSSR count). The highest BCUT2D eigenvalue weighted by Gasteiger charge is 2.33. The lowest BCUT2D eigenvalue weighted by Crippen LogP contribution is -2.08. The number of rotatable bonds is 1. The third-order valence-corrected chi connectivity index (χ3v) is 1.97. The molecule has 0 amide bonds. The Kier molecular flexibility index (Phi) is 2.83. The normalized spacial score (nSPS) is 12.2. The van der Waals surface area contributed by atoms with Crippen LogP contribution in [-0.4, -0.2) is 0 Å². The van der Waals surface area contributed by atoms with Crippen molar-refractivity contribution in [1.82, 2.24) is 0 Å².